The number of aromatic amines is 1. The first-order valence-corrected chi connectivity index (χ1v) is 7.64. The Labute approximate surface area is 127 Å². The lowest BCUT2D eigenvalue weighted by Gasteiger charge is -2.04. The summed E-state index contributed by atoms with van der Waals surface area (Å²) in [5, 5.41) is 13.0. The number of carbonyl (C=O) groups excluding carboxylic acids is 1. The summed E-state index contributed by atoms with van der Waals surface area (Å²) < 4.78 is 0.974. The van der Waals surface area contributed by atoms with Gasteiger partial charge in [-0.1, -0.05) is 6.07 Å². The summed E-state index contributed by atoms with van der Waals surface area (Å²) >= 11 is 3.78. The molecule has 6 heteroatoms. The molecule has 0 fully saturated rings. The number of nitrogens with one attached hydrogen (secondary N) is 2. The average molecular weight is 383 g/mol. The third-order valence-electron chi connectivity index (χ3n) is 2.71. The molecule has 0 spiro atoms. The van der Waals surface area contributed by atoms with Crippen molar-refractivity contribution in [3.8, 4) is 0 Å². The minimum Gasteiger partial charge on any atom is -0.326 e. The topological polar surface area (TPSA) is 57.8 Å². The van der Waals surface area contributed by atoms with E-state index in [1.54, 1.807) is 11.3 Å². The van der Waals surface area contributed by atoms with E-state index in [4.69, 9.17) is 0 Å². The number of benzene rings is 1. The third-order valence-corrected chi connectivity index (χ3v) is 4.40. The van der Waals surface area contributed by atoms with E-state index in [9.17, 15) is 4.79 Å². The van der Waals surface area contributed by atoms with Gasteiger partial charge in [0.2, 0.25) is 5.91 Å². The van der Waals surface area contributed by atoms with Crippen molar-refractivity contribution in [3.63, 3.8) is 0 Å². The maximum Gasteiger partial charge on any atom is 0.229 e. The molecule has 0 saturated carbocycles. The fourth-order valence-corrected chi connectivity index (χ4v) is 3.09. The van der Waals surface area contributed by atoms with Crippen LogP contribution in [0.25, 0.3) is 10.9 Å². The lowest BCUT2D eigenvalue weighted by atomic mass is 10.2. The van der Waals surface area contributed by atoms with E-state index < -0.39 is 0 Å². The summed E-state index contributed by atoms with van der Waals surface area (Å²) in [6, 6.07) is 9.62. The Bertz CT molecular complexity index is 721. The zero-order valence-electron chi connectivity index (χ0n) is 9.81. The zero-order valence-corrected chi connectivity index (χ0v) is 12.8. The zero-order chi connectivity index (χ0) is 13.2. The number of hydrogen-bond acceptors (Lipinski definition) is 3. The second-order valence-electron chi connectivity index (χ2n) is 4.07. The first-order chi connectivity index (χ1) is 9.22. The van der Waals surface area contributed by atoms with Crippen LogP contribution in [0.3, 0.4) is 0 Å². The first kappa shape index (κ1) is 12.6. The van der Waals surface area contributed by atoms with Gasteiger partial charge in [-0.25, -0.2) is 0 Å². The summed E-state index contributed by atoms with van der Waals surface area (Å²) in [7, 11) is 0. The quantitative estimate of drug-likeness (QED) is 0.682. The van der Waals surface area contributed by atoms with E-state index in [0.29, 0.717) is 6.42 Å². The minimum absolute atomic E-state index is 0.000281. The number of thiophene rings is 1. The van der Waals surface area contributed by atoms with Crippen LogP contribution >= 0.6 is 33.9 Å². The second kappa shape index (κ2) is 5.30. The number of carbonyl (C=O) groups is 1. The van der Waals surface area contributed by atoms with Gasteiger partial charge in [0.25, 0.3) is 0 Å². The lowest BCUT2D eigenvalue weighted by Crippen LogP contribution is -2.13. The van der Waals surface area contributed by atoms with E-state index in [1.165, 1.54) is 0 Å². The molecule has 4 nitrogen and oxygen atoms in total. The molecule has 0 bridgehead atoms. The molecule has 0 aliphatic rings. The molecular weight excluding hydrogens is 373 g/mol. The highest BCUT2D eigenvalue weighted by atomic mass is 127. The fraction of sp³-hybridized carbons (Fsp3) is 0.0769. The number of anilines is 1. The highest BCUT2D eigenvalue weighted by Crippen LogP contribution is 2.22. The molecular formula is C13H10IN3OS. The van der Waals surface area contributed by atoms with Crippen molar-refractivity contribution in [2.24, 2.45) is 0 Å². The van der Waals surface area contributed by atoms with E-state index >= 15 is 0 Å². The predicted octanol–water partition coefficient (Wildman–Crippen LogP) is 3.41. The number of hydrogen-bond donors (Lipinski definition) is 2. The molecule has 3 rings (SSSR count). The SMILES string of the molecule is O=C(Cc1cccs1)Nc1ccc2n[nH]c(I)c2c1. The molecule has 0 radical (unpaired) electrons. The predicted molar refractivity (Wildman–Crippen MR) is 85.5 cm³/mol. The summed E-state index contributed by atoms with van der Waals surface area (Å²) in [6.07, 6.45) is 0.415. The molecule has 96 valence electrons. The number of fused-ring (bicyclic) bond motifs is 1. The van der Waals surface area contributed by atoms with Crippen molar-refractivity contribution in [2.75, 3.05) is 5.32 Å². The third kappa shape index (κ3) is 2.79. The van der Waals surface area contributed by atoms with Gasteiger partial charge in [0.05, 0.1) is 11.9 Å². The number of nitrogens with zero attached hydrogens (tertiary/aromatic N) is 1. The van der Waals surface area contributed by atoms with Crippen molar-refractivity contribution in [1.82, 2.24) is 10.2 Å². The molecule has 1 aromatic carbocycles. The molecule has 0 unspecified atom stereocenters. The van der Waals surface area contributed by atoms with E-state index in [2.05, 4.69) is 38.1 Å². The van der Waals surface area contributed by atoms with Gasteiger partial charge in [-0.05, 0) is 52.2 Å². The summed E-state index contributed by atoms with van der Waals surface area (Å²) in [4.78, 5) is 13.0. The van der Waals surface area contributed by atoms with Crippen LogP contribution in [0.15, 0.2) is 35.7 Å². The highest BCUT2D eigenvalue weighted by molar-refractivity contribution is 14.1. The standard InChI is InChI=1S/C13H10IN3OS/c14-13-10-6-8(3-4-11(10)16-17-13)15-12(18)7-9-2-1-5-19-9/h1-6H,7H2,(H,15,18)(H,16,17). The largest absolute Gasteiger partial charge is 0.326 e. The minimum atomic E-state index is 0.000281. The fourth-order valence-electron chi connectivity index (χ4n) is 1.83. The van der Waals surface area contributed by atoms with Crippen LogP contribution in [0, 0.1) is 3.70 Å². The van der Waals surface area contributed by atoms with Crippen LogP contribution in [0.4, 0.5) is 5.69 Å². The van der Waals surface area contributed by atoms with Crippen molar-refractivity contribution in [3.05, 3.63) is 44.3 Å². The molecule has 1 amide bonds. The van der Waals surface area contributed by atoms with Gasteiger partial charge in [-0.3, -0.25) is 9.89 Å². The van der Waals surface area contributed by atoms with Gasteiger partial charge >= 0.3 is 0 Å². The number of rotatable bonds is 3. The maximum atomic E-state index is 11.9. The lowest BCUT2D eigenvalue weighted by molar-refractivity contribution is -0.115. The molecule has 2 heterocycles. The Hall–Kier alpha value is -1.41. The van der Waals surface area contributed by atoms with Gasteiger partial charge in [0.15, 0.2) is 0 Å². The normalized spacial score (nSPS) is 10.8. The van der Waals surface area contributed by atoms with Crippen molar-refractivity contribution in [2.45, 2.75) is 6.42 Å². The second-order valence-corrected chi connectivity index (χ2v) is 6.18. The Kier molecular flexibility index (Phi) is 3.52. The van der Waals surface area contributed by atoms with Crippen LogP contribution < -0.4 is 5.32 Å². The van der Waals surface area contributed by atoms with Crippen LogP contribution in [0.2, 0.25) is 0 Å². The average Bonchev–Trinajstić information content (AvgIpc) is 3.00. The summed E-state index contributed by atoms with van der Waals surface area (Å²) in [5.74, 6) is 0.000281. The smallest absolute Gasteiger partial charge is 0.229 e. The summed E-state index contributed by atoms with van der Waals surface area (Å²) in [6.45, 7) is 0. The first-order valence-electron chi connectivity index (χ1n) is 5.68. The number of aromatic nitrogens is 2. The van der Waals surface area contributed by atoms with E-state index in [-0.39, 0.29) is 5.91 Å². The van der Waals surface area contributed by atoms with E-state index in [1.807, 2.05) is 35.7 Å². The Balaban J connectivity index is 1.77. The number of halogens is 1. The molecule has 0 aliphatic heterocycles. The molecule has 3 aromatic rings. The van der Waals surface area contributed by atoms with Crippen LogP contribution in [-0.4, -0.2) is 16.1 Å². The number of amides is 1. The van der Waals surface area contributed by atoms with Gasteiger partial charge in [-0.15, -0.1) is 11.3 Å². The van der Waals surface area contributed by atoms with Crippen LogP contribution in [-0.2, 0) is 11.2 Å². The van der Waals surface area contributed by atoms with Gasteiger partial charge in [0, 0.05) is 16.0 Å². The van der Waals surface area contributed by atoms with Crippen molar-refractivity contribution < 1.29 is 4.79 Å². The van der Waals surface area contributed by atoms with Crippen LogP contribution in [0.1, 0.15) is 4.88 Å². The molecule has 19 heavy (non-hydrogen) atoms. The van der Waals surface area contributed by atoms with Gasteiger partial charge < -0.3 is 5.32 Å². The van der Waals surface area contributed by atoms with Crippen molar-refractivity contribution >= 4 is 56.4 Å². The Morgan fingerprint density at radius 1 is 1.42 bits per heavy atom. The molecule has 0 atom stereocenters. The monoisotopic (exact) mass is 383 g/mol. The van der Waals surface area contributed by atoms with E-state index in [0.717, 1.165) is 25.2 Å². The molecule has 2 aromatic heterocycles. The molecule has 0 saturated heterocycles. The maximum absolute atomic E-state index is 11.9. The highest BCUT2D eigenvalue weighted by Gasteiger charge is 2.07. The molecule has 0 aliphatic carbocycles. The van der Waals surface area contributed by atoms with Gasteiger partial charge in [-0.2, -0.15) is 5.10 Å². The van der Waals surface area contributed by atoms with Gasteiger partial charge in [0.1, 0.15) is 3.70 Å². The Morgan fingerprint density at radius 2 is 2.32 bits per heavy atom. The molecule has 2 N–H and O–H groups in total. The number of H-pyrrole nitrogens is 1. The summed E-state index contributed by atoms with van der Waals surface area (Å²) in [5.41, 5.74) is 1.70. The van der Waals surface area contributed by atoms with Crippen molar-refractivity contribution in [1.29, 1.82) is 0 Å². The van der Waals surface area contributed by atoms with Crippen LogP contribution in [0.5, 0.6) is 0 Å². The Morgan fingerprint density at radius 3 is 3.11 bits per heavy atom.